The highest BCUT2D eigenvalue weighted by Crippen LogP contribution is 2.29. The topological polar surface area (TPSA) is 101 Å². The van der Waals surface area contributed by atoms with E-state index in [1.807, 2.05) is 35.2 Å². The molecule has 1 atom stereocenters. The second-order valence-corrected chi connectivity index (χ2v) is 9.92. The van der Waals surface area contributed by atoms with Gasteiger partial charge < -0.3 is 20.1 Å². The molecule has 0 aliphatic carbocycles. The summed E-state index contributed by atoms with van der Waals surface area (Å²) >= 11 is 0. The summed E-state index contributed by atoms with van der Waals surface area (Å²) in [5, 5.41) is 1.03. The third kappa shape index (κ3) is 5.17. The standard InChI is InChI=1S/C26H30F3N7O2/c1-33(20-5-9-36(10-6-20)25-31-15-19(16-32-25)26(27,28)29)24(38)21-7-11-34(21)12-13-35-8-4-17-2-3-18(23(30)37)14-22(17)35/h2-4,8,14-16,20-21H,5-7,9-13H2,1H3,(H2,30,37). The van der Waals surface area contributed by atoms with E-state index in [2.05, 4.69) is 19.4 Å². The van der Waals surface area contributed by atoms with E-state index in [-0.39, 0.29) is 23.9 Å². The largest absolute Gasteiger partial charge is 0.419 e. The number of benzene rings is 1. The second kappa shape index (κ2) is 10.2. The molecule has 2 fully saturated rings. The lowest BCUT2D eigenvalue weighted by Gasteiger charge is -2.44. The molecule has 1 unspecified atom stereocenters. The van der Waals surface area contributed by atoms with Crippen molar-refractivity contribution >= 4 is 28.7 Å². The molecule has 2 aliphatic heterocycles. The van der Waals surface area contributed by atoms with Gasteiger partial charge in [-0.1, -0.05) is 6.07 Å². The minimum atomic E-state index is -4.46. The molecule has 0 bridgehead atoms. The lowest BCUT2D eigenvalue weighted by atomic mass is 9.98. The third-order valence-corrected chi connectivity index (χ3v) is 7.71. The van der Waals surface area contributed by atoms with Crippen LogP contribution in [0.5, 0.6) is 0 Å². The first-order valence-corrected chi connectivity index (χ1v) is 12.7. The van der Waals surface area contributed by atoms with Crippen LogP contribution < -0.4 is 10.6 Å². The van der Waals surface area contributed by atoms with Crippen molar-refractivity contribution in [2.24, 2.45) is 5.73 Å². The van der Waals surface area contributed by atoms with Gasteiger partial charge in [0, 0.05) is 75.5 Å². The molecule has 2 aromatic heterocycles. The van der Waals surface area contributed by atoms with Gasteiger partial charge in [-0.3, -0.25) is 14.5 Å². The Hall–Kier alpha value is -3.67. The van der Waals surface area contributed by atoms with Crippen molar-refractivity contribution in [1.29, 1.82) is 0 Å². The number of primary amides is 1. The van der Waals surface area contributed by atoms with Crippen LogP contribution in [-0.2, 0) is 17.5 Å². The zero-order chi connectivity index (χ0) is 27.0. The highest BCUT2D eigenvalue weighted by atomic mass is 19.4. The van der Waals surface area contributed by atoms with E-state index in [0.29, 0.717) is 44.6 Å². The summed E-state index contributed by atoms with van der Waals surface area (Å²) in [4.78, 5) is 38.5. The summed E-state index contributed by atoms with van der Waals surface area (Å²) in [7, 11) is 1.83. The fourth-order valence-electron chi connectivity index (χ4n) is 5.26. The Bertz CT molecular complexity index is 1320. The van der Waals surface area contributed by atoms with Crippen molar-refractivity contribution in [2.75, 3.05) is 38.1 Å². The van der Waals surface area contributed by atoms with Crippen LogP contribution in [0.1, 0.15) is 35.2 Å². The molecule has 0 saturated carbocycles. The van der Waals surface area contributed by atoms with Gasteiger partial charge >= 0.3 is 6.18 Å². The maximum atomic E-state index is 13.3. The normalized spacial score (nSPS) is 18.9. The van der Waals surface area contributed by atoms with Gasteiger partial charge in [0.25, 0.3) is 0 Å². The molecule has 9 nitrogen and oxygen atoms in total. The molecule has 2 saturated heterocycles. The minimum Gasteiger partial charge on any atom is -0.366 e. The predicted octanol–water partition coefficient (Wildman–Crippen LogP) is 2.75. The molecule has 1 aromatic carbocycles. The predicted molar refractivity (Wildman–Crippen MR) is 135 cm³/mol. The van der Waals surface area contributed by atoms with Crippen LogP contribution in [0.4, 0.5) is 19.1 Å². The van der Waals surface area contributed by atoms with Crippen LogP contribution in [0.15, 0.2) is 42.9 Å². The summed E-state index contributed by atoms with van der Waals surface area (Å²) in [6.07, 6.45) is 1.32. The quantitative estimate of drug-likeness (QED) is 0.505. The fraction of sp³-hybridized carbons (Fsp3) is 0.462. The van der Waals surface area contributed by atoms with E-state index in [9.17, 15) is 22.8 Å². The Labute approximate surface area is 218 Å². The van der Waals surface area contributed by atoms with Crippen molar-refractivity contribution in [3.63, 3.8) is 0 Å². The number of anilines is 1. The molecule has 5 rings (SSSR count). The lowest BCUT2D eigenvalue weighted by Crippen LogP contribution is -2.59. The summed E-state index contributed by atoms with van der Waals surface area (Å²) in [5.74, 6) is -0.0984. The van der Waals surface area contributed by atoms with Gasteiger partial charge in [-0.25, -0.2) is 9.97 Å². The highest BCUT2D eigenvalue weighted by Gasteiger charge is 2.38. The number of aromatic nitrogens is 3. The Balaban J connectivity index is 1.14. The molecule has 38 heavy (non-hydrogen) atoms. The average Bonchev–Trinajstić information content (AvgIpc) is 3.29. The van der Waals surface area contributed by atoms with Gasteiger partial charge in [0.2, 0.25) is 17.8 Å². The van der Waals surface area contributed by atoms with Gasteiger partial charge in [0.05, 0.1) is 11.6 Å². The van der Waals surface area contributed by atoms with Gasteiger partial charge in [-0.05, 0) is 42.8 Å². The van der Waals surface area contributed by atoms with Crippen molar-refractivity contribution in [1.82, 2.24) is 24.3 Å². The molecule has 2 aliphatic rings. The maximum Gasteiger partial charge on any atom is 0.419 e. The number of amides is 2. The Morgan fingerprint density at radius 1 is 1.05 bits per heavy atom. The van der Waals surface area contributed by atoms with Crippen LogP contribution >= 0.6 is 0 Å². The molecule has 3 aromatic rings. The molecule has 0 spiro atoms. The van der Waals surface area contributed by atoms with Gasteiger partial charge in [0.1, 0.15) is 0 Å². The van der Waals surface area contributed by atoms with Crippen molar-refractivity contribution < 1.29 is 22.8 Å². The number of likely N-dealkylation sites (tertiary alicyclic amines) is 1. The molecule has 202 valence electrons. The second-order valence-electron chi connectivity index (χ2n) is 9.92. The molecular formula is C26H30F3N7O2. The van der Waals surface area contributed by atoms with Crippen LogP contribution in [0.2, 0.25) is 0 Å². The Kier molecular flexibility index (Phi) is 6.99. The SMILES string of the molecule is CN(C(=O)C1CCN1CCn1ccc2ccc(C(N)=O)cc21)C1CCN(c2ncc(C(F)(F)F)cn2)CC1. The number of alkyl halides is 3. The van der Waals surface area contributed by atoms with Crippen LogP contribution in [0.25, 0.3) is 10.9 Å². The smallest absolute Gasteiger partial charge is 0.366 e. The van der Waals surface area contributed by atoms with Crippen LogP contribution in [0.3, 0.4) is 0 Å². The van der Waals surface area contributed by atoms with E-state index >= 15 is 0 Å². The number of hydrogen-bond acceptors (Lipinski definition) is 6. The first kappa shape index (κ1) is 26.0. The lowest BCUT2D eigenvalue weighted by molar-refractivity contribution is -0.143. The summed E-state index contributed by atoms with van der Waals surface area (Å²) in [6.45, 7) is 3.37. The van der Waals surface area contributed by atoms with Crippen LogP contribution in [-0.4, -0.2) is 81.5 Å². The van der Waals surface area contributed by atoms with Crippen LogP contribution in [0, 0.1) is 0 Å². The number of nitrogens with two attached hydrogens (primary N) is 1. The van der Waals surface area contributed by atoms with E-state index in [1.54, 1.807) is 12.1 Å². The molecule has 2 N–H and O–H groups in total. The number of carbonyl (C=O) groups is 2. The van der Waals surface area contributed by atoms with Crippen molar-refractivity contribution in [3.8, 4) is 0 Å². The number of halogens is 3. The van der Waals surface area contributed by atoms with E-state index < -0.39 is 17.6 Å². The number of carbonyl (C=O) groups excluding carboxylic acids is 2. The molecule has 0 radical (unpaired) electrons. The van der Waals surface area contributed by atoms with Gasteiger partial charge in [-0.15, -0.1) is 0 Å². The van der Waals surface area contributed by atoms with E-state index in [1.165, 1.54) is 0 Å². The third-order valence-electron chi connectivity index (χ3n) is 7.71. The monoisotopic (exact) mass is 529 g/mol. The van der Waals surface area contributed by atoms with Crippen molar-refractivity contribution in [2.45, 2.75) is 44.1 Å². The van der Waals surface area contributed by atoms with Crippen molar-refractivity contribution in [3.05, 3.63) is 54.0 Å². The van der Waals surface area contributed by atoms with Gasteiger partial charge in [0.15, 0.2) is 0 Å². The highest BCUT2D eigenvalue weighted by molar-refractivity contribution is 5.97. The van der Waals surface area contributed by atoms with E-state index in [4.69, 9.17) is 5.73 Å². The first-order valence-electron chi connectivity index (χ1n) is 12.7. The maximum absolute atomic E-state index is 13.3. The number of hydrogen-bond donors (Lipinski definition) is 1. The van der Waals surface area contributed by atoms with Gasteiger partial charge in [-0.2, -0.15) is 13.2 Å². The summed E-state index contributed by atoms with van der Waals surface area (Å²) < 4.78 is 40.4. The number of rotatable bonds is 7. The summed E-state index contributed by atoms with van der Waals surface area (Å²) in [5.41, 5.74) is 5.96. The number of likely N-dealkylation sites (N-methyl/N-ethyl adjacent to an activating group) is 1. The fourth-order valence-corrected chi connectivity index (χ4v) is 5.26. The van der Waals surface area contributed by atoms with E-state index in [0.717, 1.165) is 36.3 Å². The molecule has 2 amide bonds. The minimum absolute atomic E-state index is 0.0521. The zero-order valence-electron chi connectivity index (χ0n) is 21.1. The molecule has 12 heteroatoms. The average molecular weight is 530 g/mol. The number of nitrogens with zero attached hydrogens (tertiary/aromatic N) is 6. The zero-order valence-corrected chi connectivity index (χ0v) is 21.1. The number of piperidine rings is 1. The molecule has 4 heterocycles. The summed E-state index contributed by atoms with van der Waals surface area (Å²) in [6, 6.07) is 7.28. The molecular weight excluding hydrogens is 499 g/mol. The first-order chi connectivity index (χ1) is 18.1. The Morgan fingerprint density at radius 3 is 2.37 bits per heavy atom. The Morgan fingerprint density at radius 2 is 1.76 bits per heavy atom. The number of fused-ring (bicyclic) bond motifs is 1.